The highest BCUT2D eigenvalue weighted by Crippen LogP contribution is 2.17. The third kappa shape index (κ3) is 3.55. The lowest BCUT2D eigenvalue weighted by Crippen LogP contribution is -2.41. The molecule has 1 heterocycles. The maximum absolute atomic E-state index is 5.34. The third-order valence-corrected chi connectivity index (χ3v) is 2.39. The van der Waals surface area contributed by atoms with Crippen molar-refractivity contribution in [2.45, 2.75) is 39.7 Å². The molecule has 12 heavy (non-hydrogen) atoms. The molecule has 1 saturated heterocycles. The molecule has 1 rings (SSSR count). The summed E-state index contributed by atoms with van der Waals surface area (Å²) in [6.45, 7) is 8.10. The maximum atomic E-state index is 5.34. The molecule has 0 aromatic carbocycles. The Morgan fingerprint density at radius 2 is 2.08 bits per heavy atom. The number of hydrogen-bond acceptors (Lipinski definition) is 2. The van der Waals surface area contributed by atoms with E-state index in [4.69, 9.17) is 4.74 Å². The Hall–Kier alpha value is -0.0800. The van der Waals surface area contributed by atoms with Gasteiger partial charge in [0.15, 0.2) is 0 Å². The van der Waals surface area contributed by atoms with Gasteiger partial charge >= 0.3 is 0 Å². The Morgan fingerprint density at radius 3 is 2.50 bits per heavy atom. The molecule has 0 aromatic rings. The van der Waals surface area contributed by atoms with Crippen LogP contribution in [0.3, 0.4) is 0 Å². The van der Waals surface area contributed by atoms with Crippen LogP contribution in [-0.2, 0) is 4.74 Å². The molecule has 0 amide bonds. The first-order valence-electron chi connectivity index (χ1n) is 5.13. The number of hydrogen-bond donors (Lipinski definition) is 1. The molecule has 1 N–H and O–H groups in total. The molecular weight excluding hydrogens is 150 g/mol. The SMILES string of the molecule is CC.CCC1CCOCC1NC. The lowest BCUT2D eigenvalue weighted by molar-refractivity contribution is 0.0375. The molecule has 2 unspecified atom stereocenters. The average Bonchev–Trinajstić information content (AvgIpc) is 2.20. The van der Waals surface area contributed by atoms with Crippen LogP contribution in [0, 0.1) is 5.92 Å². The predicted octanol–water partition coefficient (Wildman–Crippen LogP) is 2.05. The van der Waals surface area contributed by atoms with Gasteiger partial charge in [-0.3, -0.25) is 0 Å². The minimum absolute atomic E-state index is 0.596. The van der Waals surface area contributed by atoms with Crippen LogP contribution in [0.2, 0.25) is 0 Å². The van der Waals surface area contributed by atoms with Crippen LogP contribution >= 0.6 is 0 Å². The Morgan fingerprint density at radius 1 is 1.42 bits per heavy atom. The van der Waals surface area contributed by atoms with Crippen molar-refractivity contribution in [3.63, 3.8) is 0 Å². The van der Waals surface area contributed by atoms with Crippen molar-refractivity contribution in [3.8, 4) is 0 Å². The predicted molar refractivity (Wildman–Crippen MR) is 53.4 cm³/mol. The smallest absolute Gasteiger partial charge is 0.0622 e. The fraction of sp³-hybridized carbons (Fsp3) is 1.00. The highest BCUT2D eigenvalue weighted by Gasteiger charge is 2.21. The molecule has 0 aliphatic carbocycles. The van der Waals surface area contributed by atoms with Crippen molar-refractivity contribution in [2.75, 3.05) is 20.3 Å². The van der Waals surface area contributed by atoms with E-state index in [1.54, 1.807) is 0 Å². The summed E-state index contributed by atoms with van der Waals surface area (Å²) < 4.78 is 5.34. The summed E-state index contributed by atoms with van der Waals surface area (Å²) in [6.07, 6.45) is 2.50. The Kier molecular flexibility index (Phi) is 7.51. The molecule has 1 fully saturated rings. The van der Waals surface area contributed by atoms with Gasteiger partial charge in [-0.05, 0) is 19.4 Å². The molecule has 2 heteroatoms. The van der Waals surface area contributed by atoms with Crippen LogP contribution in [0.4, 0.5) is 0 Å². The van der Waals surface area contributed by atoms with Gasteiger partial charge in [0.25, 0.3) is 0 Å². The maximum Gasteiger partial charge on any atom is 0.0622 e. The minimum Gasteiger partial charge on any atom is -0.380 e. The van der Waals surface area contributed by atoms with Crippen LogP contribution in [0.5, 0.6) is 0 Å². The third-order valence-electron chi connectivity index (χ3n) is 2.39. The second-order valence-corrected chi connectivity index (χ2v) is 2.93. The Labute approximate surface area is 76.7 Å². The van der Waals surface area contributed by atoms with Gasteiger partial charge in [-0.15, -0.1) is 0 Å². The number of nitrogens with one attached hydrogen (secondary N) is 1. The fourth-order valence-electron chi connectivity index (χ4n) is 1.59. The van der Waals surface area contributed by atoms with E-state index >= 15 is 0 Å². The van der Waals surface area contributed by atoms with E-state index < -0.39 is 0 Å². The van der Waals surface area contributed by atoms with Gasteiger partial charge in [-0.1, -0.05) is 27.2 Å². The topological polar surface area (TPSA) is 21.3 Å². The molecule has 2 nitrogen and oxygen atoms in total. The number of likely N-dealkylation sites (N-methyl/N-ethyl adjacent to an activating group) is 1. The van der Waals surface area contributed by atoms with Crippen molar-refractivity contribution >= 4 is 0 Å². The highest BCUT2D eigenvalue weighted by atomic mass is 16.5. The standard InChI is InChI=1S/C8H17NO.C2H6/c1-3-7-4-5-10-6-8(7)9-2;1-2/h7-9H,3-6H2,1-2H3;1-2H3. The van der Waals surface area contributed by atoms with Gasteiger partial charge < -0.3 is 10.1 Å². The van der Waals surface area contributed by atoms with Crippen LogP contribution in [0.1, 0.15) is 33.6 Å². The van der Waals surface area contributed by atoms with Gasteiger partial charge in [0, 0.05) is 12.6 Å². The molecule has 0 radical (unpaired) electrons. The summed E-state index contributed by atoms with van der Waals surface area (Å²) in [5.74, 6) is 0.832. The van der Waals surface area contributed by atoms with E-state index in [-0.39, 0.29) is 0 Å². The molecule has 1 aliphatic heterocycles. The van der Waals surface area contributed by atoms with Crippen molar-refractivity contribution in [2.24, 2.45) is 5.92 Å². The molecule has 0 aromatic heterocycles. The van der Waals surface area contributed by atoms with Crippen LogP contribution in [0.15, 0.2) is 0 Å². The normalized spacial score (nSPS) is 29.0. The van der Waals surface area contributed by atoms with E-state index in [2.05, 4.69) is 12.2 Å². The van der Waals surface area contributed by atoms with E-state index in [0.717, 1.165) is 19.1 Å². The summed E-state index contributed by atoms with van der Waals surface area (Å²) in [6, 6.07) is 0.596. The first-order valence-corrected chi connectivity index (χ1v) is 5.13. The van der Waals surface area contributed by atoms with Gasteiger partial charge in [0.05, 0.1) is 6.61 Å². The van der Waals surface area contributed by atoms with E-state index in [1.807, 2.05) is 20.9 Å². The first-order chi connectivity index (χ1) is 5.88. The lowest BCUT2D eigenvalue weighted by Gasteiger charge is -2.30. The highest BCUT2D eigenvalue weighted by molar-refractivity contribution is 4.76. The summed E-state index contributed by atoms with van der Waals surface area (Å²) in [5, 5.41) is 3.28. The molecule has 1 aliphatic rings. The zero-order valence-corrected chi connectivity index (χ0v) is 8.89. The number of rotatable bonds is 2. The summed E-state index contributed by atoms with van der Waals surface area (Å²) in [7, 11) is 2.02. The minimum atomic E-state index is 0.596. The second kappa shape index (κ2) is 7.56. The van der Waals surface area contributed by atoms with Crippen LogP contribution in [-0.4, -0.2) is 26.3 Å². The largest absolute Gasteiger partial charge is 0.380 e. The van der Waals surface area contributed by atoms with Crippen molar-refractivity contribution in [3.05, 3.63) is 0 Å². The van der Waals surface area contributed by atoms with Crippen molar-refractivity contribution in [1.29, 1.82) is 0 Å². The Bertz CT molecular complexity index is 83.8. The van der Waals surface area contributed by atoms with E-state index in [1.165, 1.54) is 12.8 Å². The van der Waals surface area contributed by atoms with Gasteiger partial charge in [0.2, 0.25) is 0 Å². The Balaban J connectivity index is 0.000000561. The molecule has 0 bridgehead atoms. The first kappa shape index (κ1) is 11.9. The molecule has 74 valence electrons. The summed E-state index contributed by atoms with van der Waals surface area (Å²) in [4.78, 5) is 0. The fourth-order valence-corrected chi connectivity index (χ4v) is 1.59. The molecule has 0 spiro atoms. The van der Waals surface area contributed by atoms with Gasteiger partial charge in [-0.25, -0.2) is 0 Å². The van der Waals surface area contributed by atoms with Gasteiger partial charge in [-0.2, -0.15) is 0 Å². The van der Waals surface area contributed by atoms with Crippen molar-refractivity contribution in [1.82, 2.24) is 5.32 Å². The van der Waals surface area contributed by atoms with E-state index in [9.17, 15) is 0 Å². The molecule has 0 saturated carbocycles. The lowest BCUT2D eigenvalue weighted by atomic mass is 9.93. The average molecular weight is 173 g/mol. The zero-order valence-electron chi connectivity index (χ0n) is 8.89. The van der Waals surface area contributed by atoms with Crippen LogP contribution < -0.4 is 5.32 Å². The summed E-state index contributed by atoms with van der Waals surface area (Å²) >= 11 is 0. The summed E-state index contributed by atoms with van der Waals surface area (Å²) in [5.41, 5.74) is 0. The number of ether oxygens (including phenoxy) is 1. The monoisotopic (exact) mass is 173 g/mol. The van der Waals surface area contributed by atoms with Crippen LogP contribution in [0.25, 0.3) is 0 Å². The van der Waals surface area contributed by atoms with Gasteiger partial charge in [0.1, 0.15) is 0 Å². The van der Waals surface area contributed by atoms with E-state index in [0.29, 0.717) is 6.04 Å². The quantitative estimate of drug-likeness (QED) is 0.690. The molecular formula is C10H23NO. The zero-order chi connectivity index (χ0) is 9.40. The van der Waals surface area contributed by atoms with Crippen molar-refractivity contribution < 1.29 is 4.74 Å². The molecule has 2 atom stereocenters. The second-order valence-electron chi connectivity index (χ2n) is 2.93.